The number of benzene rings is 5. The number of alkyl halides is 3. The highest BCUT2D eigenvalue weighted by Crippen LogP contribution is 2.42. The Morgan fingerprint density at radius 1 is 0.622 bits per heavy atom. The molecule has 0 amide bonds. The van der Waals surface area contributed by atoms with Crippen LogP contribution in [0.3, 0.4) is 0 Å². The molecule has 25 heteroatoms. The fourth-order valence-corrected chi connectivity index (χ4v) is 11.9. The van der Waals surface area contributed by atoms with E-state index < -0.39 is 31.3 Å². The van der Waals surface area contributed by atoms with Gasteiger partial charge in [0.1, 0.15) is 28.7 Å². The first-order chi connectivity index (χ1) is 43.0. The van der Waals surface area contributed by atoms with E-state index in [4.69, 9.17) is 49.1 Å². The van der Waals surface area contributed by atoms with Gasteiger partial charge in [-0.25, -0.2) is 38.3 Å². The molecule has 2 unspecified atom stereocenters. The Balaban J connectivity index is 0.000000153. The highest BCUT2D eigenvalue weighted by atomic mass is 79.9. The summed E-state index contributed by atoms with van der Waals surface area (Å²) in [4.78, 5) is 32.0. The average Bonchev–Trinajstić information content (AvgIpc) is 1.58. The van der Waals surface area contributed by atoms with Crippen molar-refractivity contribution in [3.05, 3.63) is 162 Å². The molecule has 474 valence electrons. The van der Waals surface area contributed by atoms with Gasteiger partial charge < -0.3 is 9.47 Å². The van der Waals surface area contributed by atoms with E-state index in [-0.39, 0.29) is 17.0 Å². The molecule has 19 nitrogen and oxygen atoms in total. The van der Waals surface area contributed by atoms with Crippen molar-refractivity contribution in [2.24, 2.45) is 0 Å². The van der Waals surface area contributed by atoms with Gasteiger partial charge in [0.15, 0.2) is 10.5 Å². The van der Waals surface area contributed by atoms with Crippen molar-refractivity contribution in [3.8, 4) is 0 Å². The standard InChI is InChI=1S/C19H24N4O2S.C19H24N4O.C13H13BrN4.C13H11NO3S.CHCl3/c1-6-7-8-25-13(4)15-9-14-10-20-19(26(5)24)22-17(14)18-16(15)11-21-23(18)12(2)3;1-6-7-8-24-13(4)16-9-15-10-20-14(5)22-18(15)19-17(16)11-21-23(19)12(2)3;1-7(2)18-13-10(6-16-18)11(14)4-9-5-15-8(3)17-12(9)13;15-18(16,12-9-5-2-6-10-12)14-13(17-14)11-7-3-1-4-8-11;2-1(3)4/h9-12H,4,6-8H2,1-3,5H3;9-12H,4,6-8H2,1-3,5H3;4-7H,1-3H3;1-10,13H;1H/t;;;13-,14?;/m...1./s1. The molecule has 1 saturated heterocycles. The molecule has 0 bridgehead atoms. The molecule has 90 heavy (non-hydrogen) atoms. The number of halogens is 4. The number of ether oxygens (including phenoxy) is 2. The Morgan fingerprint density at radius 2 is 1.02 bits per heavy atom. The molecule has 6 aromatic heterocycles. The van der Waals surface area contributed by atoms with Crippen LogP contribution in [0.15, 0.2) is 144 Å². The Hall–Kier alpha value is -7.02. The largest absolute Gasteiger partial charge is 0.494 e. The zero-order valence-corrected chi connectivity index (χ0v) is 57.6. The van der Waals surface area contributed by atoms with E-state index in [2.05, 4.69) is 136 Å². The minimum absolute atomic E-state index is 0.158. The monoisotopic (exact) mass is 1380 g/mol. The smallest absolute Gasteiger partial charge is 0.267 e. The summed E-state index contributed by atoms with van der Waals surface area (Å²) in [6.45, 7) is 30.2. The Morgan fingerprint density at radius 3 is 1.46 bits per heavy atom. The van der Waals surface area contributed by atoms with Gasteiger partial charge in [-0.05, 0) is 103 Å². The summed E-state index contributed by atoms with van der Waals surface area (Å²) in [5.41, 5.74) is 8.30. The van der Waals surface area contributed by atoms with Gasteiger partial charge in [-0.2, -0.15) is 15.3 Å². The van der Waals surface area contributed by atoms with E-state index in [9.17, 15) is 12.6 Å². The maximum absolute atomic E-state index is 12.2. The van der Waals surface area contributed by atoms with E-state index in [0.717, 1.165) is 128 Å². The van der Waals surface area contributed by atoms with Crippen molar-refractivity contribution in [1.29, 1.82) is 0 Å². The van der Waals surface area contributed by atoms with Crippen molar-refractivity contribution in [2.45, 2.75) is 134 Å². The first kappa shape index (κ1) is 68.9. The lowest BCUT2D eigenvalue weighted by Gasteiger charge is -2.13. The fraction of sp³-hybridized carbons (Fsp3) is 0.338. The summed E-state index contributed by atoms with van der Waals surface area (Å²) in [6, 6.07) is 24.3. The van der Waals surface area contributed by atoms with Crippen LogP contribution in [0.5, 0.6) is 0 Å². The van der Waals surface area contributed by atoms with Crippen molar-refractivity contribution >= 4 is 148 Å². The number of aromatic nitrogens is 12. The lowest BCUT2D eigenvalue weighted by molar-refractivity contribution is 0.271. The van der Waals surface area contributed by atoms with Gasteiger partial charge >= 0.3 is 0 Å². The van der Waals surface area contributed by atoms with Gasteiger partial charge in [0, 0.05) is 96.5 Å². The van der Waals surface area contributed by atoms with Gasteiger partial charge in [0.25, 0.3) is 10.0 Å². The maximum atomic E-state index is 12.2. The third-order valence-electron chi connectivity index (χ3n) is 14.0. The fourth-order valence-electron chi connectivity index (χ4n) is 9.62. The second kappa shape index (κ2) is 30.9. The van der Waals surface area contributed by atoms with Gasteiger partial charge in [-0.1, -0.05) is 139 Å². The molecule has 3 atom stereocenters. The van der Waals surface area contributed by atoms with E-state index in [1.807, 2.05) is 101 Å². The highest BCUT2D eigenvalue weighted by molar-refractivity contribution is 9.10. The zero-order chi connectivity index (χ0) is 65.1. The molecule has 5 aromatic carbocycles. The minimum Gasteiger partial charge on any atom is -0.494 e. The van der Waals surface area contributed by atoms with Crippen LogP contribution in [0.4, 0.5) is 0 Å². The normalized spacial score (nSPS) is 14.1. The van der Waals surface area contributed by atoms with E-state index in [0.29, 0.717) is 35.9 Å². The molecule has 1 aliphatic heterocycles. The Labute approximate surface area is 550 Å². The Kier molecular flexibility index (Phi) is 23.6. The highest BCUT2D eigenvalue weighted by Gasteiger charge is 2.48. The quantitative estimate of drug-likeness (QED) is 0.0272. The Bertz CT molecular complexity index is 4470. The van der Waals surface area contributed by atoms with Gasteiger partial charge in [-0.3, -0.25) is 23.1 Å². The second-order valence-corrected chi connectivity index (χ2v) is 27.6. The molecular formula is C65H73BrCl3N13O6S2. The second-order valence-electron chi connectivity index (χ2n) is 21.7. The number of hydrogen-bond acceptors (Lipinski definition) is 15. The molecule has 1 aliphatic rings. The summed E-state index contributed by atoms with van der Waals surface area (Å²) in [5.74, 6) is 2.84. The number of hydroxylamine groups is 1. The topological polar surface area (TPSA) is 216 Å². The maximum Gasteiger partial charge on any atom is 0.267 e. The van der Waals surface area contributed by atoms with Crippen LogP contribution >= 0.6 is 50.7 Å². The first-order valence-corrected chi connectivity index (χ1v) is 34.4. The molecule has 1 fully saturated rings. The molecule has 7 heterocycles. The number of hydrogen-bond donors (Lipinski definition) is 0. The van der Waals surface area contributed by atoms with E-state index >= 15 is 0 Å². The number of rotatable bonds is 17. The summed E-state index contributed by atoms with van der Waals surface area (Å²) < 4.78 is 55.1. The van der Waals surface area contributed by atoms with Crippen LogP contribution in [-0.4, -0.2) is 100 Å². The third-order valence-corrected chi connectivity index (χ3v) is 17.0. The van der Waals surface area contributed by atoms with E-state index in [1.165, 1.54) is 0 Å². The minimum atomic E-state index is -3.55. The number of nitrogens with zero attached hydrogens (tertiary/aromatic N) is 13. The molecular weight excluding hydrogens is 1310 g/mol. The first-order valence-electron chi connectivity index (χ1n) is 29.3. The molecule has 11 aromatic rings. The van der Waals surface area contributed by atoms with Gasteiger partial charge in [-0.15, -0.1) is 0 Å². The predicted molar refractivity (Wildman–Crippen MR) is 366 cm³/mol. The lowest BCUT2D eigenvalue weighted by atomic mass is 10.1. The van der Waals surface area contributed by atoms with Crippen molar-refractivity contribution in [1.82, 2.24) is 63.7 Å². The predicted octanol–water partition coefficient (Wildman–Crippen LogP) is 16.7. The van der Waals surface area contributed by atoms with Crippen molar-refractivity contribution < 1.29 is 26.9 Å². The number of fused-ring (bicyclic) bond motifs is 9. The van der Waals surface area contributed by atoms with Crippen LogP contribution < -0.4 is 0 Å². The van der Waals surface area contributed by atoms with Gasteiger partial charge in [0.05, 0.1) is 75.1 Å². The summed E-state index contributed by atoms with van der Waals surface area (Å²) in [5, 5.41) is 19.8. The SMILES string of the molecule is C=C(OCCCC)c1cc2cnc(C)nc2c2c1cnn2C(C)C.C=C(OCCCC)c1cc2cnc(S(C)=O)nc2c2c1cnn2C(C)C.Cc1ncc2cc(Br)c3cnn(C(C)C)c3c2n1.ClC(Cl)Cl.O=S(=O)(c1ccccc1)N1O[C@@H]1c1ccccc1. The number of sulfonamides is 1. The average molecular weight is 1380 g/mol. The summed E-state index contributed by atoms with van der Waals surface area (Å²) >= 11 is 18.0. The zero-order valence-electron chi connectivity index (χ0n) is 52.1. The van der Waals surface area contributed by atoms with Crippen LogP contribution in [-0.2, 0) is 35.1 Å². The summed E-state index contributed by atoms with van der Waals surface area (Å²) in [6.07, 6.45) is 16.3. The van der Waals surface area contributed by atoms with Gasteiger partial charge in [0.2, 0.25) is 5.16 Å². The molecule has 0 radical (unpaired) electrons. The van der Waals surface area contributed by atoms with Crippen LogP contribution in [0.2, 0.25) is 0 Å². The molecule has 0 saturated carbocycles. The molecule has 0 spiro atoms. The third kappa shape index (κ3) is 16.2. The van der Waals surface area contributed by atoms with Crippen molar-refractivity contribution in [3.63, 3.8) is 0 Å². The number of aryl methyl sites for hydroxylation is 2. The van der Waals surface area contributed by atoms with Crippen LogP contribution in [0.1, 0.15) is 134 Å². The van der Waals surface area contributed by atoms with Crippen LogP contribution in [0.25, 0.3) is 76.9 Å². The molecule has 0 N–H and O–H groups in total. The summed E-state index contributed by atoms with van der Waals surface area (Å²) in [7, 11) is -4.80. The van der Waals surface area contributed by atoms with Crippen LogP contribution in [0, 0.1) is 13.8 Å². The number of unbranched alkanes of at least 4 members (excludes halogenated alkanes) is 2. The molecule has 12 rings (SSSR count). The van der Waals surface area contributed by atoms with Crippen molar-refractivity contribution in [2.75, 3.05) is 19.5 Å². The molecule has 0 aliphatic carbocycles. The lowest BCUT2D eigenvalue weighted by Crippen LogP contribution is -2.12. The van der Waals surface area contributed by atoms with E-state index in [1.54, 1.807) is 42.8 Å².